The predicted octanol–water partition coefficient (Wildman–Crippen LogP) is 2.96. The average Bonchev–Trinajstić information content (AvgIpc) is 1.96. The summed E-state index contributed by atoms with van der Waals surface area (Å²) in [6.07, 6.45) is -1.38. The van der Waals surface area contributed by atoms with Crippen LogP contribution in [0.15, 0.2) is 18.2 Å². The molecule has 0 saturated carbocycles. The molecule has 0 aliphatic rings. The molecule has 0 spiro atoms. The van der Waals surface area contributed by atoms with Gasteiger partial charge in [0, 0.05) is 5.69 Å². The molecular weight excluding hydrogens is 201 g/mol. The highest BCUT2D eigenvalue weighted by Gasteiger charge is 2.02. The Morgan fingerprint density at radius 1 is 1.25 bits per heavy atom. The maximum absolute atomic E-state index is 10.1. The van der Waals surface area contributed by atoms with Crippen molar-refractivity contribution in [2.45, 2.75) is 0 Å². The lowest BCUT2D eigenvalue weighted by Gasteiger charge is -2.00. The van der Waals surface area contributed by atoms with E-state index in [2.05, 4.69) is 0 Å². The summed E-state index contributed by atoms with van der Waals surface area (Å²) in [7, 11) is 0. The number of rotatable bonds is 1. The van der Waals surface area contributed by atoms with Crippen LogP contribution in [-0.2, 0) is 5.11 Å². The van der Waals surface area contributed by atoms with Crippen LogP contribution >= 0.6 is 23.2 Å². The second-order valence-corrected chi connectivity index (χ2v) is 2.86. The van der Waals surface area contributed by atoms with E-state index in [0.717, 1.165) is 0 Å². The molecule has 0 aliphatic heterocycles. The van der Waals surface area contributed by atoms with E-state index in [1.165, 1.54) is 18.2 Å². The van der Waals surface area contributed by atoms with E-state index in [9.17, 15) is 9.90 Å². The molecule has 0 aliphatic carbocycles. The summed E-state index contributed by atoms with van der Waals surface area (Å²) in [5.41, 5.74) is 0.337. The van der Waals surface area contributed by atoms with Crippen molar-refractivity contribution in [3.05, 3.63) is 28.2 Å². The molecule has 1 N–H and O–H groups in total. The molecule has 0 saturated heterocycles. The van der Waals surface area contributed by atoms with E-state index < -0.39 is 6.09 Å². The van der Waals surface area contributed by atoms with Gasteiger partial charge in [0.25, 0.3) is 0 Å². The molecule has 0 unspecified atom stereocenters. The SMILES string of the molecule is [O]C(=O)Nc1ccc(Cl)c(Cl)c1. The summed E-state index contributed by atoms with van der Waals surface area (Å²) in [6.45, 7) is 0. The van der Waals surface area contributed by atoms with E-state index in [4.69, 9.17) is 23.2 Å². The number of amides is 1. The molecule has 1 radical (unpaired) electrons. The zero-order valence-electron chi connectivity index (χ0n) is 5.80. The van der Waals surface area contributed by atoms with Crippen LogP contribution in [0, 0.1) is 0 Å². The van der Waals surface area contributed by atoms with Gasteiger partial charge in [-0.15, -0.1) is 0 Å². The second-order valence-electron chi connectivity index (χ2n) is 2.04. The Morgan fingerprint density at radius 3 is 2.42 bits per heavy atom. The quantitative estimate of drug-likeness (QED) is 0.752. The summed E-state index contributed by atoms with van der Waals surface area (Å²) < 4.78 is 0. The topological polar surface area (TPSA) is 49.0 Å². The number of nitrogens with one attached hydrogen (secondary N) is 1. The van der Waals surface area contributed by atoms with Crippen LogP contribution in [0.4, 0.5) is 10.5 Å². The molecule has 1 aromatic carbocycles. The van der Waals surface area contributed by atoms with E-state index in [-0.39, 0.29) is 0 Å². The number of hydrogen-bond donors (Lipinski definition) is 1. The largest absolute Gasteiger partial charge is 0.454 e. The van der Waals surface area contributed by atoms with Gasteiger partial charge >= 0.3 is 6.09 Å². The molecule has 3 nitrogen and oxygen atoms in total. The van der Waals surface area contributed by atoms with Gasteiger partial charge in [-0.1, -0.05) is 23.2 Å². The highest BCUT2D eigenvalue weighted by molar-refractivity contribution is 6.42. The third-order valence-corrected chi connectivity index (χ3v) is 1.91. The van der Waals surface area contributed by atoms with Gasteiger partial charge in [-0.3, -0.25) is 5.32 Å². The molecule has 0 aromatic heterocycles. The van der Waals surface area contributed by atoms with Crippen molar-refractivity contribution in [1.82, 2.24) is 0 Å². The van der Waals surface area contributed by atoms with Gasteiger partial charge in [-0.05, 0) is 18.2 Å². The molecule has 0 heterocycles. The summed E-state index contributed by atoms with van der Waals surface area (Å²) in [5, 5.41) is 12.8. The number of anilines is 1. The lowest BCUT2D eigenvalue weighted by atomic mass is 10.3. The zero-order valence-corrected chi connectivity index (χ0v) is 7.32. The molecule has 0 fully saturated rings. The maximum Gasteiger partial charge on any atom is 0.454 e. The first kappa shape index (κ1) is 9.16. The van der Waals surface area contributed by atoms with Crippen LogP contribution in [0.3, 0.4) is 0 Å². The average molecular weight is 205 g/mol. The fourth-order valence-electron chi connectivity index (χ4n) is 0.692. The van der Waals surface area contributed by atoms with Crippen molar-refractivity contribution >= 4 is 35.0 Å². The van der Waals surface area contributed by atoms with Crippen LogP contribution in [0.1, 0.15) is 0 Å². The van der Waals surface area contributed by atoms with Crippen LogP contribution < -0.4 is 5.32 Å². The van der Waals surface area contributed by atoms with Gasteiger partial charge in [-0.2, -0.15) is 0 Å². The van der Waals surface area contributed by atoms with Crippen LogP contribution in [0.2, 0.25) is 10.0 Å². The molecule has 1 aromatic rings. The van der Waals surface area contributed by atoms with Crippen molar-refractivity contribution in [3.63, 3.8) is 0 Å². The third-order valence-electron chi connectivity index (χ3n) is 1.17. The molecule has 0 bridgehead atoms. The first-order valence-corrected chi connectivity index (χ1v) is 3.78. The molecule has 0 atom stereocenters. The Labute approximate surface area is 78.9 Å². The number of carbonyl (C=O) groups is 1. The van der Waals surface area contributed by atoms with Gasteiger partial charge in [0.1, 0.15) is 0 Å². The Kier molecular flexibility index (Phi) is 2.78. The van der Waals surface area contributed by atoms with E-state index in [1.807, 2.05) is 5.32 Å². The monoisotopic (exact) mass is 204 g/mol. The molecule has 1 rings (SSSR count). The molecule has 63 valence electrons. The molecular formula is C7H4Cl2NO2. The fraction of sp³-hybridized carbons (Fsp3) is 0. The minimum absolute atomic E-state index is 0.294. The third kappa shape index (κ3) is 2.29. The van der Waals surface area contributed by atoms with Gasteiger partial charge < -0.3 is 0 Å². The fourth-order valence-corrected chi connectivity index (χ4v) is 0.990. The highest BCUT2D eigenvalue weighted by atomic mass is 35.5. The van der Waals surface area contributed by atoms with Gasteiger partial charge in [0.2, 0.25) is 0 Å². The Bertz CT molecular complexity index is 314. The van der Waals surface area contributed by atoms with Crippen molar-refractivity contribution in [2.24, 2.45) is 0 Å². The minimum atomic E-state index is -1.38. The minimum Gasteiger partial charge on any atom is -0.288 e. The lowest BCUT2D eigenvalue weighted by Crippen LogP contribution is -2.05. The standard InChI is InChI=1S/C7H4Cl2NO2/c8-5-2-1-4(3-6(5)9)10-7(11)12/h1-3,10H. The zero-order chi connectivity index (χ0) is 9.14. The maximum atomic E-state index is 10.1. The van der Waals surface area contributed by atoms with E-state index >= 15 is 0 Å². The Morgan fingerprint density at radius 2 is 1.92 bits per heavy atom. The summed E-state index contributed by atoms with van der Waals surface area (Å²) >= 11 is 11.2. The normalized spacial score (nSPS) is 9.50. The molecule has 1 amide bonds. The first-order valence-electron chi connectivity index (χ1n) is 3.02. The smallest absolute Gasteiger partial charge is 0.288 e. The van der Waals surface area contributed by atoms with Gasteiger partial charge in [0.05, 0.1) is 10.0 Å². The Balaban J connectivity index is 2.89. The first-order chi connectivity index (χ1) is 5.59. The summed E-state index contributed by atoms with van der Waals surface area (Å²) in [4.78, 5) is 10.1. The number of carbonyl (C=O) groups excluding carboxylic acids is 1. The molecule has 12 heavy (non-hydrogen) atoms. The van der Waals surface area contributed by atoms with Gasteiger partial charge in [0.15, 0.2) is 0 Å². The Hall–Kier alpha value is -0.930. The highest BCUT2D eigenvalue weighted by Crippen LogP contribution is 2.24. The summed E-state index contributed by atoms with van der Waals surface area (Å²) in [6, 6.07) is 4.39. The van der Waals surface area contributed by atoms with Crippen LogP contribution in [0.25, 0.3) is 0 Å². The predicted molar refractivity (Wildman–Crippen MR) is 46.2 cm³/mol. The number of halogens is 2. The lowest BCUT2D eigenvalue weighted by molar-refractivity contribution is 0.185. The van der Waals surface area contributed by atoms with E-state index in [0.29, 0.717) is 15.7 Å². The van der Waals surface area contributed by atoms with Crippen molar-refractivity contribution in [1.29, 1.82) is 0 Å². The number of hydrogen-bond acceptors (Lipinski definition) is 1. The van der Waals surface area contributed by atoms with Crippen LogP contribution in [0.5, 0.6) is 0 Å². The number of benzene rings is 1. The van der Waals surface area contributed by atoms with Gasteiger partial charge in [-0.25, -0.2) is 9.90 Å². The second kappa shape index (κ2) is 3.65. The molecule has 5 heteroatoms. The van der Waals surface area contributed by atoms with Crippen molar-refractivity contribution in [2.75, 3.05) is 5.32 Å². The van der Waals surface area contributed by atoms with Crippen LogP contribution in [-0.4, -0.2) is 6.09 Å². The van der Waals surface area contributed by atoms with Crippen molar-refractivity contribution in [3.8, 4) is 0 Å². The van der Waals surface area contributed by atoms with E-state index in [1.54, 1.807) is 0 Å². The summed E-state index contributed by atoms with van der Waals surface area (Å²) in [5.74, 6) is 0. The van der Waals surface area contributed by atoms with Crippen molar-refractivity contribution < 1.29 is 9.90 Å².